The van der Waals surface area contributed by atoms with Gasteiger partial charge in [0.1, 0.15) is 5.84 Å². The third-order valence-electron chi connectivity index (χ3n) is 1.60. The zero-order valence-electron chi connectivity index (χ0n) is 8.13. The number of aromatic nitrogens is 1. The Morgan fingerprint density at radius 3 is 2.80 bits per heavy atom. The number of amidine groups is 1. The molecule has 0 fully saturated rings. The Morgan fingerprint density at radius 1 is 1.60 bits per heavy atom. The Morgan fingerprint density at radius 2 is 2.27 bits per heavy atom. The summed E-state index contributed by atoms with van der Waals surface area (Å²) in [5.41, 5.74) is 6.23. The van der Waals surface area contributed by atoms with Crippen molar-refractivity contribution in [3.63, 3.8) is 0 Å². The van der Waals surface area contributed by atoms with Crippen LogP contribution in [0.15, 0.2) is 12.1 Å². The molecule has 0 radical (unpaired) electrons. The van der Waals surface area contributed by atoms with Gasteiger partial charge in [0.05, 0.1) is 0 Å². The molecular weight excluding hydrogens is 204 g/mol. The number of nitrogens with zero attached hydrogens (tertiary/aromatic N) is 1. The number of aryl methyl sites for hydroxylation is 1. The van der Waals surface area contributed by atoms with Crippen molar-refractivity contribution in [1.82, 2.24) is 4.98 Å². The van der Waals surface area contributed by atoms with Crippen molar-refractivity contribution in [2.24, 2.45) is 5.73 Å². The van der Waals surface area contributed by atoms with Gasteiger partial charge in [-0.15, -0.1) is 0 Å². The largest absolute Gasteiger partial charge is 0.472 e. The first kappa shape index (κ1) is 11.4. The van der Waals surface area contributed by atoms with Crippen LogP contribution in [0.4, 0.5) is 8.78 Å². The molecule has 1 aromatic rings. The fourth-order valence-corrected chi connectivity index (χ4v) is 1.02. The van der Waals surface area contributed by atoms with Gasteiger partial charge < -0.3 is 10.5 Å². The molecule has 1 heterocycles. The number of rotatable bonds is 4. The van der Waals surface area contributed by atoms with Crippen LogP contribution in [0.2, 0.25) is 0 Å². The first-order valence-corrected chi connectivity index (χ1v) is 4.23. The lowest BCUT2D eigenvalue weighted by Crippen LogP contribution is -2.13. The molecule has 15 heavy (non-hydrogen) atoms. The number of alkyl halides is 2. The molecule has 3 N–H and O–H groups in total. The van der Waals surface area contributed by atoms with Crippen LogP contribution in [0.5, 0.6) is 5.88 Å². The van der Waals surface area contributed by atoms with Crippen molar-refractivity contribution in [3.05, 3.63) is 23.4 Å². The Labute approximate surface area is 85.6 Å². The van der Waals surface area contributed by atoms with Gasteiger partial charge in [-0.3, -0.25) is 5.41 Å². The number of pyridine rings is 1. The highest BCUT2D eigenvalue weighted by Gasteiger charge is 2.07. The van der Waals surface area contributed by atoms with Gasteiger partial charge in [0, 0.05) is 17.3 Å². The highest BCUT2D eigenvalue weighted by atomic mass is 19.3. The molecule has 0 spiro atoms. The predicted octanol–water partition coefficient (Wildman–Crippen LogP) is 1.32. The quantitative estimate of drug-likeness (QED) is 0.587. The van der Waals surface area contributed by atoms with E-state index >= 15 is 0 Å². The molecule has 0 aliphatic carbocycles. The van der Waals surface area contributed by atoms with Crippen molar-refractivity contribution >= 4 is 5.84 Å². The van der Waals surface area contributed by atoms with E-state index < -0.39 is 13.0 Å². The molecule has 4 nitrogen and oxygen atoms in total. The molecule has 0 aliphatic heterocycles. The van der Waals surface area contributed by atoms with E-state index in [0.29, 0.717) is 11.3 Å². The van der Waals surface area contributed by atoms with E-state index in [-0.39, 0.29) is 11.7 Å². The Balaban J connectivity index is 2.84. The van der Waals surface area contributed by atoms with Gasteiger partial charge in [-0.05, 0) is 13.0 Å². The third kappa shape index (κ3) is 3.49. The fraction of sp³-hybridized carbons (Fsp3) is 0.333. The Kier molecular flexibility index (Phi) is 3.54. The second-order valence-electron chi connectivity index (χ2n) is 2.95. The van der Waals surface area contributed by atoms with Crippen molar-refractivity contribution in [3.8, 4) is 5.88 Å². The monoisotopic (exact) mass is 215 g/mol. The smallest absolute Gasteiger partial charge is 0.272 e. The van der Waals surface area contributed by atoms with Gasteiger partial charge in [0.2, 0.25) is 5.88 Å². The highest BCUT2D eigenvalue weighted by molar-refractivity contribution is 5.95. The maximum atomic E-state index is 11.9. The summed E-state index contributed by atoms with van der Waals surface area (Å²) in [5, 5.41) is 7.19. The standard InChI is InChI=1S/C9H11F2N3O/c1-5-2-6(9(12)13)3-8(14-5)15-4-7(10)11/h2-3,7H,4H2,1H3,(H3,12,13). The molecule has 0 atom stereocenters. The SMILES string of the molecule is Cc1cc(C(=N)N)cc(OCC(F)F)n1. The zero-order valence-corrected chi connectivity index (χ0v) is 8.13. The molecule has 82 valence electrons. The second-order valence-corrected chi connectivity index (χ2v) is 2.95. The lowest BCUT2D eigenvalue weighted by Gasteiger charge is -2.07. The molecule has 0 unspecified atom stereocenters. The van der Waals surface area contributed by atoms with E-state index in [9.17, 15) is 8.78 Å². The summed E-state index contributed by atoms with van der Waals surface area (Å²) in [6.07, 6.45) is -2.55. The maximum Gasteiger partial charge on any atom is 0.272 e. The van der Waals surface area contributed by atoms with Crippen LogP contribution < -0.4 is 10.5 Å². The van der Waals surface area contributed by atoms with E-state index in [2.05, 4.69) is 4.98 Å². The molecule has 1 aromatic heterocycles. The first-order chi connectivity index (χ1) is 6.99. The maximum absolute atomic E-state index is 11.9. The lowest BCUT2D eigenvalue weighted by atomic mass is 10.2. The molecule has 0 aliphatic rings. The van der Waals surface area contributed by atoms with Gasteiger partial charge in [-0.1, -0.05) is 0 Å². The summed E-state index contributed by atoms with van der Waals surface area (Å²) >= 11 is 0. The van der Waals surface area contributed by atoms with E-state index in [1.165, 1.54) is 6.07 Å². The fourth-order valence-electron chi connectivity index (χ4n) is 1.02. The van der Waals surface area contributed by atoms with Crippen molar-refractivity contribution in [2.45, 2.75) is 13.3 Å². The molecule has 0 aromatic carbocycles. The van der Waals surface area contributed by atoms with Gasteiger partial charge in [0.15, 0.2) is 6.61 Å². The van der Waals surface area contributed by atoms with Crippen LogP contribution in [0, 0.1) is 12.3 Å². The van der Waals surface area contributed by atoms with Crippen molar-refractivity contribution < 1.29 is 13.5 Å². The number of nitrogens with two attached hydrogens (primary N) is 1. The summed E-state index contributed by atoms with van der Waals surface area (Å²) < 4.78 is 28.4. The van der Waals surface area contributed by atoms with Crippen LogP contribution in [-0.2, 0) is 0 Å². The summed E-state index contributed by atoms with van der Waals surface area (Å²) in [6, 6.07) is 2.94. The molecule has 1 rings (SSSR count). The molecule has 0 saturated carbocycles. The average Bonchev–Trinajstić information content (AvgIpc) is 2.13. The third-order valence-corrected chi connectivity index (χ3v) is 1.60. The summed E-state index contributed by atoms with van der Waals surface area (Å²) in [6.45, 7) is 0.954. The van der Waals surface area contributed by atoms with E-state index in [1.807, 2.05) is 0 Å². The van der Waals surface area contributed by atoms with Gasteiger partial charge in [-0.25, -0.2) is 13.8 Å². The zero-order chi connectivity index (χ0) is 11.4. The number of nitrogen functional groups attached to an aromatic ring is 1. The molecule has 0 amide bonds. The van der Waals surface area contributed by atoms with E-state index in [0.717, 1.165) is 0 Å². The minimum atomic E-state index is -2.55. The van der Waals surface area contributed by atoms with Crippen LogP contribution in [0.1, 0.15) is 11.3 Å². The van der Waals surface area contributed by atoms with Gasteiger partial charge >= 0.3 is 0 Å². The molecule has 0 saturated heterocycles. The number of ether oxygens (including phenoxy) is 1. The van der Waals surface area contributed by atoms with Crippen LogP contribution in [-0.4, -0.2) is 23.9 Å². The summed E-state index contributed by atoms with van der Waals surface area (Å²) in [7, 11) is 0. The number of hydrogen-bond donors (Lipinski definition) is 2. The Bertz CT molecular complexity index is 368. The van der Waals surface area contributed by atoms with Crippen molar-refractivity contribution in [1.29, 1.82) is 5.41 Å². The highest BCUT2D eigenvalue weighted by Crippen LogP contribution is 2.12. The first-order valence-electron chi connectivity index (χ1n) is 4.23. The molecule has 6 heteroatoms. The molecular formula is C9H11F2N3O. The summed E-state index contributed by atoms with van der Waals surface area (Å²) in [4.78, 5) is 3.88. The second kappa shape index (κ2) is 4.68. The topological polar surface area (TPSA) is 72.0 Å². The normalized spacial score (nSPS) is 10.4. The average molecular weight is 215 g/mol. The van der Waals surface area contributed by atoms with Gasteiger partial charge in [0.25, 0.3) is 6.43 Å². The molecule has 0 bridgehead atoms. The number of hydrogen-bond acceptors (Lipinski definition) is 3. The Hall–Kier alpha value is -1.72. The van der Waals surface area contributed by atoms with E-state index in [1.54, 1.807) is 13.0 Å². The van der Waals surface area contributed by atoms with Crippen LogP contribution in [0.25, 0.3) is 0 Å². The predicted molar refractivity (Wildman–Crippen MR) is 51.5 cm³/mol. The summed E-state index contributed by atoms with van der Waals surface area (Å²) in [5.74, 6) is -0.0945. The van der Waals surface area contributed by atoms with Crippen molar-refractivity contribution in [2.75, 3.05) is 6.61 Å². The van der Waals surface area contributed by atoms with Gasteiger partial charge in [-0.2, -0.15) is 0 Å². The number of nitrogens with one attached hydrogen (secondary N) is 1. The van der Waals surface area contributed by atoms with E-state index in [4.69, 9.17) is 15.9 Å². The number of halogens is 2. The van der Waals surface area contributed by atoms with Crippen LogP contribution in [0.3, 0.4) is 0 Å². The lowest BCUT2D eigenvalue weighted by molar-refractivity contribution is 0.0795. The van der Waals surface area contributed by atoms with Crippen LogP contribution >= 0.6 is 0 Å². The minimum Gasteiger partial charge on any atom is -0.472 e. The minimum absolute atomic E-state index is 0.0560.